The Morgan fingerprint density at radius 2 is 2.22 bits per heavy atom. The predicted octanol–water partition coefficient (Wildman–Crippen LogP) is 3.28. The van der Waals surface area contributed by atoms with Gasteiger partial charge in [-0.1, -0.05) is 42.4 Å². The number of carbonyl (C=O) groups is 1. The monoisotopic (exact) mass is 352 g/mol. The highest BCUT2D eigenvalue weighted by Crippen LogP contribution is 2.26. The minimum Gasteiger partial charge on any atom is -0.467 e. The van der Waals surface area contributed by atoms with Crippen molar-refractivity contribution in [2.24, 2.45) is 0 Å². The van der Waals surface area contributed by atoms with Crippen LogP contribution in [-0.2, 0) is 11.3 Å². The van der Waals surface area contributed by atoms with Gasteiger partial charge in [-0.05, 0) is 25.0 Å². The molecule has 0 bridgehead atoms. The Morgan fingerprint density at radius 1 is 1.35 bits per heavy atom. The van der Waals surface area contributed by atoms with E-state index in [-0.39, 0.29) is 5.91 Å². The molecule has 2 N–H and O–H groups in total. The summed E-state index contributed by atoms with van der Waals surface area (Å²) in [5, 5.41) is 15.2. The zero-order chi connectivity index (χ0) is 15.9. The molecule has 1 saturated carbocycles. The lowest BCUT2D eigenvalue weighted by atomic mass is 9.95. The lowest BCUT2D eigenvalue weighted by molar-refractivity contribution is -0.119. The first-order valence-electron chi connectivity index (χ1n) is 7.81. The Morgan fingerprint density at radius 3 is 3.00 bits per heavy atom. The Bertz CT molecular complexity index is 609. The van der Waals surface area contributed by atoms with Gasteiger partial charge in [-0.25, -0.2) is 0 Å². The van der Waals surface area contributed by atoms with Crippen LogP contribution >= 0.6 is 23.1 Å². The summed E-state index contributed by atoms with van der Waals surface area (Å²) in [6.45, 7) is 0.578. The van der Waals surface area contributed by atoms with Crippen molar-refractivity contribution in [1.29, 1.82) is 0 Å². The van der Waals surface area contributed by atoms with Crippen LogP contribution in [0.15, 0.2) is 27.2 Å². The van der Waals surface area contributed by atoms with E-state index in [9.17, 15) is 4.79 Å². The van der Waals surface area contributed by atoms with Crippen molar-refractivity contribution in [2.45, 2.75) is 49.0 Å². The number of rotatable bonds is 7. The molecule has 0 unspecified atom stereocenters. The maximum absolute atomic E-state index is 12.0. The lowest BCUT2D eigenvalue weighted by Crippen LogP contribution is -2.37. The summed E-state index contributed by atoms with van der Waals surface area (Å²) in [6.07, 6.45) is 7.59. The number of furan rings is 1. The largest absolute Gasteiger partial charge is 0.467 e. The molecule has 1 amide bonds. The molecule has 0 radical (unpaired) electrons. The van der Waals surface area contributed by atoms with E-state index in [0.29, 0.717) is 18.3 Å². The summed E-state index contributed by atoms with van der Waals surface area (Å²) >= 11 is 2.88. The standard InChI is InChI=1S/C15H20N4O2S2/c20-13(17-11-5-2-1-3-6-11)10-22-15-19-18-14(23-15)16-9-12-7-4-8-21-12/h4,7-8,11H,1-3,5-6,9-10H2,(H,16,18)(H,17,20). The molecule has 2 aromatic rings. The topological polar surface area (TPSA) is 80.1 Å². The minimum absolute atomic E-state index is 0.0854. The van der Waals surface area contributed by atoms with Crippen LogP contribution in [-0.4, -0.2) is 27.9 Å². The van der Waals surface area contributed by atoms with Crippen molar-refractivity contribution in [1.82, 2.24) is 15.5 Å². The quantitative estimate of drug-likeness (QED) is 0.745. The van der Waals surface area contributed by atoms with Gasteiger partial charge in [-0.3, -0.25) is 4.79 Å². The first-order valence-corrected chi connectivity index (χ1v) is 9.62. The summed E-state index contributed by atoms with van der Waals surface area (Å²) in [6, 6.07) is 4.11. The van der Waals surface area contributed by atoms with Crippen LogP contribution in [0.1, 0.15) is 37.9 Å². The van der Waals surface area contributed by atoms with Gasteiger partial charge in [0.15, 0.2) is 4.34 Å². The molecule has 0 aliphatic heterocycles. The van der Waals surface area contributed by atoms with Gasteiger partial charge >= 0.3 is 0 Å². The molecule has 0 aromatic carbocycles. The van der Waals surface area contributed by atoms with E-state index in [2.05, 4.69) is 20.8 Å². The van der Waals surface area contributed by atoms with E-state index >= 15 is 0 Å². The summed E-state index contributed by atoms with van der Waals surface area (Å²) in [4.78, 5) is 12.0. The molecule has 124 valence electrons. The zero-order valence-corrected chi connectivity index (χ0v) is 14.4. The number of hydrogen-bond donors (Lipinski definition) is 2. The first-order chi connectivity index (χ1) is 11.3. The van der Waals surface area contributed by atoms with Crippen molar-refractivity contribution < 1.29 is 9.21 Å². The van der Waals surface area contributed by atoms with E-state index in [1.165, 1.54) is 42.4 Å². The van der Waals surface area contributed by atoms with Gasteiger partial charge in [0, 0.05) is 6.04 Å². The number of hydrogen-bond acceptors (Lipinski definition) is 7. The highest BCUT2D eigenvalue weighted by molar-refractivity contribution is 8.01. The number of nitrogens with one attached hydrogen (secondary N) is 2. The van der Waals surface area contributed by atoms with Crippen molar-refractivity contribution in [3.8, 4) is 0 Å². The van der Waals surface area contributed by atoms with E-state index < -0.39 is 0 Å². The predicted molar refractivity (Wildman–Crippen MR) is 91.7 cm³/mol. The van der Waals surface area contributed by atoms with E-state index in [4.69, 9.17) is 4.42 Å². The van der Waals surface area contributed by atoms with E-state index in [1.54, 1.807) is 6.26 Å². The summed E-state index contributed by atoms with van der Waals surface area (Å²) in [7, 11) is 0. The molecule has 23 heavy (non-hydrogen) atoms. The maximum atomic E-state index is 12.0. The third kappa shape index (κ3) is 5.24. The number of anilines is 1. The molecular weight excluding hydrogens is 332 g/mol. The van der Waals surface area contributed by atoms with Crippen molar-refractivity contribution in [2.75, 3.05) is 11.1 Å². The number of carbonyl (C=O) groups excluding carboxylic acids is 1. The van der Waals surface area contributed by atoms with Crippen LogP contribution < -0.4 is 10.6 Å². The number of nitrogens with zero attached hydrogens (tertiary/aromatic N) is 2. The van der Waals surface area contributed by atoms with Crippen LogP contribution in [0.3, 0.4) is 0 Å². The Kier molecular flexibility index (Phi) is 5.93. The summed E-state index contributed by atoms with van der Waals surface area (Å²) in [5.74, 6) is 1.33. The SMILES string of the molecule is O=C(CSc1nnc(NCc2ccco2)s1)NC1CCCCC1. The molecule has 0 atom stereocenters. The van der Waals surface area contributed by atoms with Crippen LogP contribution in [0.5, 0.6) is 0 Å². The first kappa shape index (κ1) is 16.3. The molecule has 2 aromatic heterocycles. The Balaban J connectivity index is 1.39. The van der Waals surface area contributed by atoms with E-state index in [1.807, 2.05) is 12.1 Å². The Labute approximate surface area is 143 Å². The molecule has 2 heterocycles. The molecule has 3 rings (SSSR count). The minimum atomic E-state index is 0.0854. The fraction of sp³-hybridized carbons (Fsp3) is 0.533. The summed E-state index contributed by atoms with van der Waals surface area (Å²) in [5.41, 5.74) is 0. The second kappa shape index (κ2) is 8.35. The van der Waals surface area contributed by atoms with Crippen LogP contribution in [0.25, 0.3) is 0 Å². The fourth-order valence-corrected chi connectivity index (χ4v) is 4.12. The van der Waals surface area contributed by atoms with Crippen molar-refractivity contribution in [3.05, 3.63) is 24.2 Å². The van der Waals surface area contributed by atoms with Gasteiger partial charge in [0.25, 0.3) is 0 Å². The van der Waals surface area contributed by atoms with Crippen LogP contribution in [0.4, 0.5) is 5.13 Å². The average molecular weight is 352 g/mol. The normalized spacial score (nSPS) is 15.5. The molecular formula is C15H20N4O2S2. The molecule has 0 spiro atoms. The van der Waals surface area contributed by atoms with Gasteiger partial charge in [0.05, 0.1) is 18.6 Å². The highest BCUT2D eigenvalue weighted by Gasteiger charge is 2.16. The lowest BCUT2D eigenvalue weighted by Gasteiger charge is -2.22. The smallest absolute Gasteiger partial charge is 0.230 e. The fourth-order valence-electron chi connectivity index (χ4n) is 2.56. The second-order valence-electron chi connectivity index (χ2n) is 5.50. The maximum Gasteiger partial charge on any atom is 0.230 e. The van der Waals surface area contributed by atoms with Crippen molar-refractivity contribution in [3.63, 3.8) is 0 Å². The highest BCUT2D eigenvalue weighted by atomic mass is 32.2. The van der Waals surface area contributed by atoms with Gasteiger partial charge in [-0.15, -0.1) is 10.2 Å². The number of aromatic nitrogens is 2. The van der Waals surface area contributed by atoms with Crippen LogP contribution in [0.2, 0.25) is 0 Å². The van der Waals surface area contributed by atoms with Crippen LogP contribution in [0, 0.1) is 0 Å². The third-order valence-corrected chi connectivity index (χ3v) is 5.71. The molecule has 1 aliphatic rings. The third-order valence-electron chi connectivity index (χ3n) is 3.70. The number of amides is 1. The van der Waals surface area contributed by atoms with Gasteiger partial charge in [-0.2, -0.15) is 0 Å². The average Bonchev–Trinajstić information content (AvgIpc) is 3.24. The van der Waals surface area contributed by atoms with Gasteiger partial charge < -0.3 is 15.1 Å². The second-order valence-corrected chi connectivity index (χ2v) is 7.70. The number of thioether (sulfide) groups is 1. The zero-order valence-electron chi connectivity index (χ0n) is 12.8. The van der Waals surface area contributed by atoms with Gasteiger partial charge in [0.1, 0.15) is 5.76 Å². The molecule has 0 saturated heterocycles. The Hall–Kier alpha value is -1.54. The van der Waals surface area contributed by atoms with Crippen molar-refractivity contribution >= 4 is 34.1 Å². The molecule has 1 aliphatic carbocycles. The molecule has 8 heteroatoms. The summed E-state index contributed by atoms with van der Waals surface area (Å²) < 4.78 is 6.05. The molecule has 1 fully saturated rings. The molecule has 6 nitrogen and oxygen atoms in total. The van der Waals surface area contributed by atoms with E-state index in [0.717, 1.165) is 28.1 Å². The van der Waals surface area contributed by atoms with Gasteiger partial charge in [0.2, 0.25) is 11.0 Å².